The molecule has 0 aromatic rings. The van der Waals surface area contributed by atoms with E-state index in [4.69, 9.17) is 10.2 Å². The van der Waals surface area contributed by atoms with Gasteiger partial charge in [-0.2, -0.15) is 0 Å². The number of carboxylic acids is 1. The molecule has 0 aliphatic rings. The Morgan fingerprint density at radius 2 is 1.89 bits per heavy atom. The van der Waals surface area contributed by atoms with Crippen molar-refractivity contribution >= 4 is 12.0 Å². The highest BCUT2D eigenvalue weighted by Crippen LogP contribution is 2.22. The van der Waals surface area contributed by atoms with E-state index in [0.717, 1.165) is 0 Å². The van der Waals surface area contributed by atoms with Crippen LogP contribution in [0.15, 0.2) is 0 Å². The van der Waals surface area contributed by atoms with Crippen molar-refractivity contribution in [2.45, 2.75) is 46.6 Å². The Morgan fingerprint density at radius 1 is 1.32 bits per heavy atom. The van der Waals surface area contributed by atoms with Crippen molar-refractivity contribution in [3.05, 3.63) is 0 Å². The van der Waals surface area contributed by atoms with Crippen LogP contribution in [0.4, 0.5) is 4.79 Å². The quantitative estimate of drug-likeness (QED) is 0.652. The number of carbonyl (C=O) groups excluding carboxylic acids is 1. The highest BCUT2D eigenvalue weighted by Gasteiger charge is 2.29. The minimum atomic E-state index is -0.932. The highest BCUT2D eigenvalue weighted by atomic mass is 16.4. The number of carbonyl (C=O) groups is 2. The van der Waals surface area contributed by atoms with E-state index in [1.54, 1.807) is 4.90 Å². The molecule has 0 aliphatic carbocycles. The molecule has 0 fully saturated rings. The summed E-state index contributed by atoms with van der Waals surface area (Å²) in [4.78, 5) is 24.5. The average Bonchev–Trinajstić information content (AvgIpc) is 2.27. The van der Waals surface area contributed by atoms with Gasteiger partial charge in [0.15, 0.2) is 0 Å². The highest BCUT2D eigenvalue weighted by molar-refractivity contribution is 5.76. The molecule has 0 spiro atoms. The van der Waals surface area contributed by atoms with Gasteiger partial charge in [-0.1, -0.05) is 20.8 Å². The molecule has 0 aliphatic heterocycles. The van der Waals surface area contributed by atoms with Gasteiger partial charge < -0.3 is 20.4 Å². The molecule has 0 aromatic carbocycles. The van der Waals surface area contributed by atoms with E-state index in [0.29, 0.717) is 19.5 Å². The molecule has 1 atom stereocenters. The molecular formula is C13H26N2O4. The number of aliphatic carboxylic acids is 1. The minimum Gasteiger partial charge on any atom is -0.481 e. The second-order valence-corrected chi connectivity index (χ2v) is 5.62. The molecule has 0 saturated heterocycles. The normalized spacial score (nSPS) is 12.9. The van der Waals surface area contributed by atoms with Gasteiger partial charge in [-0.05, 0) is 18.8 Å². The van der Waals surface area contributed by atoms with Gasteiger partial charge in [-0.15, -0.1) is 0 Å². The molecule has 1 unspecified atom stereocenters. The Hall–Kier alpha value is -1.30. The molecule has 6 nitrogen and oxygen atoms in total. The van der Waals surface area contributed by atoms with Crippen molar-refractivity contribution in [3.63, 3.8) is 0 Å². The SMILES string of the molecule is CCN(CCCO)C(=O)NC(CC(=O)O)C(C)(C)C. The van der Waals surface area contributed by atoms with E-state index in [2.05, 4.69) is 5.32 Å². The van der Waals surface area contributed by atoms with Crippen LogP contribution in [0.5, 0.6) is 0 Å². The van der Waals surface area contributed by atoms with Gasteiger partial charge >= 0.3 is 12.0 Å². The monoisotopic (exact) mass is 274 g/mol. The lowest BCUT2D eigenvalue weighted by Crippen LogP contribution is -2.50. The van der Waals surface area contributed by atoms with Crippen LogP contribution in [0.1, 0.15) is 40.5 Å². The summed E-state index contributed by atoms with van der Waals surface area (Å²) in [5.74, 6) is -0.932. The van der Waals surface area contributed by atoms with Crippen LogP contribution in [-0.4, -0.2) is 52.9 Å². The predicted octanol–water partition coefficient (Wildman–Crippen LogP) is 1.29. The molecule has 0 saturated carbocycles. The number of nitrogens with one attached hydrogen (secondary N) is 1. The molecule has 3 N–H and O–H groups in total. The van der Waals surface area contributed by atoms with Gasteiger partial charge in [0.25, 0.3) is 0 Å². The number of amides is 2. The topological polar surface area (TPSA) is 89.9 Å². The fraction of sp³-hybridized carbons (Fsp3) is 0.846. The Labute approximate surface area is 114 Å². The van der Waals surface area contributed by atoms with Crippen molar-refractivity contribution in [3.8, 4) is 0 Å². The number of nitrogens with zero attached hydrogens (tertiary/aromatic N) is 1. The van der Waals surface area contributed by atoms with E-state index >= 15 is 0 Å². The fourth-order valence-corrected chi connectivity index (χ4v) is 1.65. The lowest BCUT2D eigenvalue weighted by molar-refractivity contribution is -0.138. The van der Waals surface area contributed by atoms with Crippen LogP contribution in [0.3, 0.4) is 0 Å². The molecule has 0 heterocycles. The Bertz CT molecular complexity index is 300. The van der Waals surface area contributed by atoms with E-state index < -0.39 is 12.0 Å². The van der Waals surface area contributed by atoms with Gasteiger partial charge in [-0.3, -0.25) is 4.79 Å². The largest absolute Gasteiger partial charge is 0.481 e. The standard InChI is InChI=1S/C13H26N2O4/c1-5-15(7-6-8-16)12(19)14-10(9-11(17)18)13(2,3)4/h10,16H,5-9H2,1-4H3,(H,14,19)(H,17,18). The summed E-state index contributed by atoms with van der Waals surface area (Å²) >= 11 is 0. The summed E-state index contributed by atoms with van der Waals surface area (Å²) < 4.78 is 0. The van der Waals surface area contributed by atoms with Crippen LogP contribution in [0.2, 0.25) is 0 Å². The van der Waals surface area contributed by atoms with Crippen LogP contribution < -0.4 is 5.32 Å². The summed E-state index contributed by atoms with van der Waals surface area (Å²) in [7, 11) is 0. The van der Waals surface area contributed by atoms with Crippen LogP contribution in [-0.2, 0) is 4.79 Å². The Kier molecular flexibility index (Phi) is 7.44. The first-order chi connectivity index (χ1) is 8.72. The number of carboxylic acid groups (broad SMARTS) is 1. The second kappa shape index (κ2) is 7.99. The van der Waals surface area contributed by atoms with E-state index in [1.165, 1.54) is 0 Å². The molecule has 0 radical (unpaired) electrons. The zero-order valence-electron chi connectivity index (χ0n) is 12.3. The van der Waals surface area contributed by atoms with Crippen molar-refractivity contribution in [1.82, 2.24) is 10.2 Å². The maximum Gasteiger partial charge on any atom is 0.317 e. The number of hydrogen-bond donors (Lipinski definition) is 3. The molecule has 112 valence electrons. The number of hydrogen-bond acceptors (Lipinski definition) is 3. The third-order valence-electron chi connectivity index (χ3n) is 2.98. The van der Waals surface area contributed by atoms with Crippen molar-refractivity contribution in [2.75, 3.05) is 19.7 Å². The summed E-state index contributed by atoms with van der Waals surface area (Å²) in [5, 5.41) is 20.5. The predicted molar refractivity (Wildman–Crippen MR) is 73.0 cm³/mol. The molecular weight excluding hydrogens is 248 g/mol. The Morgan fingerprint density at radius 3 is 2.26 bits per heavy atom. The molecule has 0 rings (SSSR count). The molecule has 2 amide bonds. The van der Waals surface area contributed by atoms with Gasteiger partial charge in [0.2, 0.25) is 0 Å². The number of rotatable bonds is 7. The molecule has 0 aromatic heterocycles. The average molecular weight is 274 g/mol. The zero-order valence-corrected chi connectivity index (χ0v) is 12.3. The van der Waals surface area contributed by atoms with Crippen LogP contribution in [0.25, 0.3) is 0 Å². The maximum atomic E-state index is 12.1. The summed E-state index contributed by atoms with van der Waals surface area (Å²) in [6, 6.07) is -0.710. The van der Waals surface area contributed by atoms with E-state index in [1.807, 2.05) is 27.7 Å². The minimum absolute atomic E-state index is 0.0294. The van der Waals surface area contributed by atoms with Crippen molar-refractivity contribution < 1.29 is 19.8 Å². The lowest BCUT2D eigenvalue weighted by atomic mass is 9.85. The first-order valence-corrected chi connectivity index (χ1v) is 6.60. The van der Waals surface area contributed by atoms with Crippen molar-refractivity contribution in [1.29, 1.82) is 0 Å². The third-order valence-corrected chi connectivity index (χ3v) is 2.98. The number of aliphatic hydroxyl groups excluding tert-OH is 1. The zero-order chi connectivity index (χ0) is 15.1. The second-order valence-electron chi connectivity index (χ2n) is 5.62. The lowest BCUT2D eigenvalue weighted by Gasteiger charge is -2.32. The molecule has 6 heteroatoms. The van der Waals surface area contributed by atoms with E-state index in [-0.39, 0.29) is 24.5 Å². The summed E-state index contributed by atoms with van der Waals surface area (Å²) in [6.07, 6.45) is 0.410. The summed E-state index contributed by atoms with van der Waals surface area (Å²) in [6.45, 7) is 8.54. The van der Waals surface area contributed by atoms with E-state index in [9.17, 15) is 9.59 Å². The summed E-state index contributed by atoms with van der Waals surface area (Å²) in [5.41, 5.74) is -0.329. The van der Waals surface area contributed by atoms with Gasteiger partial charge in [0, 0.05) is 25.7 Å². The number of aliphatic hydroxyl groups is 1. The molecule has 19 heavy (non-hydrogen) atoms. The third kappa shape index (κ3) is 7.00. The van der Waals surface area contributed by atoms with Gasteiger partial charge in [-0.25, -0.2) is 4.79 Å². The fourth-order valence-electron chi connectivity index (χ4n) is 1.65. The van der Waals surface area contributed by atoms with Gasteiger partial charge in [0.1, 0.15) is 0 Å². The van der Waals surface area contributed by atoms with Gasteiger partial charge in [0.05, 0.1) is 6.42 Å². The number of urea groups is 1. The maximum absolute atomic E-state index is 12.1. The van der Waals surface area contributed by atoms with Crippen LogP contribution >= 0.6 is 0 Å². The smallest absolute Gasteiger partial charge is 0.317 e. The Balaban J connectivity index is 4.64. The molecule has 0 bridgehead atoms. The van der Waals surface area contributed by atoms with Crippen LogP contribution in [0, 0.1) is 5.41 Å². The van der Waals surface area contributed by atoms with Crippen molar-refractivity contribution in [2.24, 2.45) is 5.41 Å². The first-order valence-electron chi connectivity index (χ1n) is 6.60. The first kappa shape index (κ1) is 17.7.